The second-order valence-corrected chi connectivity index (χ2v) is 7.98. The Balaban J connectivity index is 1.79. The third-order valence-corrected chi connectivity index (χ3v) is 5.97. The van der Waals surface area contributed by atoms with Crippen molar-refractivity contribution in [3.05, 3.63) is 82.4 Å². The van der Waals surface area contributed by atoms with E-state index in [1.54, 1.807) is 32.3 Å². The Morgan fingerprint density at radius 1 is 0.935 bits per heavy atom. The highest BCUT2D eigenvalue weighted by molar-refractivity contribution is 7.80. The van der Waals surface area contributed by atoms with Crippen molar-refractivity contribution >= 4 is 57.6 Å². The zero-order valence-electron chi connectivity index (χ0n) is 17.0. The summed E-state index contributed by atoms with van der Waals surface area (Å²) in [5, 5.41) is 2.67. The Bertz CT molecular complexity index is 1210. The molecule has 3 aromatic carbocycles. The predicted octanol–water partition coefficient (Wildman–Crippen LogP) is 4.67. The number of rotatable bonds is 4. The molecule has 0 bridgehead atoms. The van der Waals surface area contributed by atoms with Gasteiger partial charge in [0.25, 0.3) is 11.8 Å². The van der Waals surface area contributed by atoms with Crippen LogP contribution in [0, 0.1) is 0 Å². The number of thiocarbonyl (C=S) groups is 1. The lowest BCUT2D eigenvalue weighted by molar-refractivity contribution is -0.132. The first-order valence-electron chi connectivity index (χ1n) is 9.57. The molecule has 3 aromatic rings. The summed E-state index contributed by atoms with van der Waals surface area (Å²) in [6.45, 7) is 0.317. The zero-order valence-corrected chi connectivity index (χ0v) is 18.5. The van der Waals surface area contributed by atoms with E-state index >= 15 is 0 Å². The number of hydrogen-bond donors (Lipinski definition) is 0. The van der Waals surface area contributed by atoms with Crippen LogP contribution in [-0.2, 0) is 16.2 Å². The van der Waals surface area contributed by atoms with Crippen molar-refractivity contribution in [2.45, 2.75) is 6.61 Å². The first kappa shape index (κ1) is 21.0. The molecule has 1 aliphatic heterocycles. The summed E-state index contributed by atoms with van der Waals surface area (Å²) in [7, 11) is 3.12. The summed E-state index contributed by atoms with van der Waals surface area (Å²) in [6.07, 6.45) is 1.60. The van der Waals surface area contributed by atoms with Gasteiger partial charge < -0.3 is 4.74 Å². The zero-order chi connectivity index (χ0) is 22.1. The van der Waals surface area contributed by atoms with Crippen molar-refractivity contribution in [1.82, 2.24) is 9.80 Å². The molecule has 0 spiro atoms. The molecule has 1 saturated heterocycles. The van der Waals surface area contributed by atoms with E-state index in [0.29, 0.717) is 22.9 Å². The highest BCUT2D eigenvalue weighted by atomic mass is 35.5. The van der Waals surface area contributed by atoms with Gasteiger partial charge in [0.15, 0.2) is 5.11 Å². The normalized spacial score (nSPS) is 14.4. The van der Waals surface area contributed by atoms with Crippen LogP contribution in [0.25, 0.3) is 16.8 Å². The van der Waals surface area contributed by atoms with E-state index in [9.17, 15) is 9.59 Å². The molecule has 0 unspecified atom stereocenters. The van der Waals surface area contributed by atoms with Crippen molar-refractivity contribution in [1.29, 1.82) is 0 Å². The van der Waals surface area contributed by atoms with Crippen LogP contribution in [0.1, 0.15) is 11.1 Å². The Morgan fingerprint density at radius 3 is 2.26 bits per heavy atom. The van der Waals surface area contributed by atoms with Gasteiger partial charge in [0.05, 0.1) is 0 Å². The summed E-state index contributed by atoms with van der Waals surface area (Å²) in [5.41, 5.74) is 1.65. The van der Waals surface area contributed by atoms with Gasteiger partial charge in [0, 0.05) is 24.7 Å². The summed E-state index contributed by atoms with van der Waals surface area (Å²) in [4.78, 5) is 28.2. The maximum atomic E-state index is 12.8. The molecule has 156 valence electrons. The van der Waals surface area contributed by atoms with Crippen LogP contribution >= 0.6 is 23.8 Å². The molecule has 31 heavy (non-hydrogen) atoms. The maximum Gasteiger partial charge on any atom is 0.265 e. The lowest BCUT2D eigenvalue weighted by Gasteiger charge is -2.31. The number of fused-ring (bicyclic) bond motifs is 1. The number of carbonyl (C=O) groups excluding carboxylic acids is 2. The molecule has 1 fully saturated rings. The van der Waals surface area contributed by atoms with Crippen molar-refractivity contribution in [3.63, 3.8) is 0 Å². The summed E-state index contributed by atoms with van der Waals surface area (Å²) >= 11 is 11.1. The molecule has 0 saturated carbocycles. The number of halogens is 1. The van der Waals surface area contributed by atoms with E-state index in [2.05, 4.69) is 0 Å². The highest BCUT2D eigenvalue weighted by Gasteiger charge is 2.35. The Hall–Kier alpha value is -3.22. The second-order valence-electron chi connectivity index (χ2n) is 7.18. The minimum absolute atomic E-state index is 0.0336. The van der Waals surface area contributed by atoms with E-state index in [1.165, 1.54) is 9.80 Å². The second kappa shape index (κ2) is 8.49. The molecule has 0 radical (unpaired) electrons. The number of amides is 2. The van der Waals surface area contributed by atoms with Gasteiger partial charge >= 0.3 is 0 Å². The van der Waals surface area contributed by atoms with Crippen molar-refractivity contribution in [2.24, 2.45) is 0 Å². The van der Waals surface area contributed by atoms with E-state index in [-0.39, 0.29) is 10.7 Å². The average molecular weight is 451 g/mol. The number of nitrogens with zero attached hydrogens (tertiary/aromatic N) is 2. The highest BCUT2D eigenvalue weighted by Crippen LogP contribution is 2.32. The summed E-state index contributed by atoms with van der Waals surface area (Å²) in [6, 6.07) is 18.9. The van der Waals surface area contributed by atoms with Crippen LogP contribution in [0.3, 0.4) is 0 Å². The minimum Gasteiger partial charge on any atom is -0.488 e. The first-order valence-corrected chi connectivity index (χ1v) is 10.4. The number of ether oxygens (including phenoxy) is 1. The summed E-state index contributed by atoms with van der Waals surface area (Å²) < 4.78 is 6.09. The molecule has 1 aliphatic rings. The van der Waals surface area contributed by atoms with Crippen molar-refractivity contribution in [2.75, 3.05) is 14.1 Å². The topological polar surface area (TPSA) is 49.9 Å². The van der Waals surface area contributed by atoms with Crippen LogP contribution < -0.4 is 4.74 Å². The smallest absolute Gasteiger partial charge is 0.265 e. The molecular formula is C24H19ClN2O3S. The van der Waals surface area contributed by atoms with Crippen molar-refractivity contribution in [3.8, 4) is 5.75 Å². The molecular weight excluding hydrogens is 432 g/mol. The van der Waals surface area contributed by atoms with Crippen LogP contribution in [-0.4, -0.2) is 40.8 Å². The molecule has 0 aliphatic carbocycles. The average Bonchev–Trinajstić information content (AvgIpc) is 2.79. The lowest BCUT2D eigenvalue weighted by atomic mass is 9.99. The third kappa shape index (κ3) is 4.04. The van der Waals surface area contributed by atoms with Gasteiger partial charge in [0.1, 0.15) is 17.9 Å². The molecule has 1 heterocycles. The number of carbonyl (C=O) groups is 2. The SMILES string of the molecule is CN1C(=O)C(=Cc2c(OCc3ccc(Cl)cc3)ccc3ccccc23)C(=O)N(C)C1=S. The van der Waals surface area contributed by atoms with Crippen LogP contribution in [0.2, 0.25) is 5.02 Å². The first-order chi connectivity index (χ1) is 14.9. The lowest BCUT2D eigenvalue weighted by Crippen LogP contribution is -2.52. The van der Waals surface area contributed by atoms with Crippen LogP contribution in [0.5, 0.6) is 5.75 Å². The molecule has 0 N–H and O–H groups in total. The van der Waals surface area contributed by atoms with Crippen molar-refractivity contribution < 1.29 is 14.3 Å². The van der Waals surface area contributed by atoms with E-state index in [1.807, 2.05) is 48.5 Å². The largest absolute Gasteiger partial charge is 0.488 e. The van der Waals surface area contributed by atoms with Gasteiger partial charge in [-0.2, -0.15) is 0 Å². The molecule has 7 heteroatoms. The van der Waals surface area contributed by atoms with Gasteiger partial charge in [-0.3, -0.25) is 19.4 Å². The van der Waals surface area contributed by atoms with Gasteiger partial charge in [-0.15, -0.1) is 0 Å². The molecule has 5 nitrogen and oxygen atoms in total. The van der Waals surface area contributed by atoms with Crippen LogP contribution in [0.15, 0.2) is 66.2 Å². The standard InChI is InChI=1S/C24H19ClN2O3S/c1-26-22(28)20(23(29)27(2)24(26)31)13-19-18-6-4-3-5-16(18)9-12-21(19)30-14-15-7-10-17(25)11-8-15/h3-13H,14H2,1-2H3. The Kier molecular flexibility index (Phi) is 5.76. The molecule has 0 aromatic heterocycles. The fourth-order valence-corrected chi connectivity index (χ4v) is 3.70. The fraction of sp³-hybridized carbons (Fsp3) is 0.125. The maximum absolute atomic E-state index is 12.8. The van der Waals surface area contributed by atoms with Gasteiger partial charge in [-0.1, -0.05) is 54.1 Å². The van der Waals surface area contributed by atoms with E-state index in [0.717, 1.165) is 16.3 Å². The number of hydrogen-bond acceptors (Lipinski definition) is 4. The van der Waals surface area contributed by atoms with Gasteiger partial charge in [-0.05, 0) is 52.8 Å². The predicted molar refractivity (Wildman–Crippen MR) is 126 cm³/mol. The van der Waals surface area contributed by atoms with Gasteiger partial charge in [-0.25, -0.2) is 0 Å². The minimum atomic E-state index is -0.440. The number of benzene rings is 3. The summed E-state index contributed by atoms with van der Waals surface area (Å²) in [5.74, 6) is -0.311. The van der Waals surface area contributed by atoms with E-state index in [4.69, 9.17) is 28.6 Å². The fourth-order valence-electron chi connectivity index (χ4n) is 3.41. The molecule has 0 atom stereocenters. The van der Waals surface area contributed by atoms with E-state index < -0.39 is 11.8 Å². The Labute approximate surface area is 190 Å². The monoisotopic (exact) mass is 450 g/mol. The molecule has 2 amide bonds. The number of likely N-dealkylation sites (N-methyl/N-ethyl adjacent to an activating group) is 2. The Morgan fingerprint density at radius 2 is 1.58 bits per heavy atom. The molecule has 4 rings (SSSR count). The van der Waals surface area contributed by atoms with Gasteiger partial charge in [0.2, 0.25) is 0 Å². The quantitative estimate of drug-likeness (QED) is 0.329. The third-order valence-electron chi connectivity index (χ3n) is 5.17. The van der Waals surface area contributed by atoms with Crippen LogP contribution in [0.4, 0.5) is 0 Å².